The van der Waals surface area contributed by atoms with Crippen LogP contribution in [0, 0.1) is 0 Å². The minimum atomic E-state index is -0.331. The number of allylic oxidation sites excluding steroid dienone is 2. The number of methoxy groups -OCH3 is 1. The Morgan fingerprint density at radius 3 is 2.39 bits per heavy atom. The van der Waals surface area contributed by atoms with E-state index in [9.17, 15) is 0 Å². The summed E-state index contributed by atoms with van der Waals surface area (Å²) in [5.74, 6) is 2.47. The van der Waals surface area contributed by atoms with Crippen LogP contribution in [-0.4, -0.2) is 80.0 Å². The van der Waals surface area contributed by atoms with Gasteiger partial charge in [-0.3, -0.25) is 4.68 Å². The van der Waals surface area contributed by atoms with Gasteiger partial charge in [-0.25, -0.2) is 4.98 Å². The van der Waals surface area contributed by atoms with Crippen LogP contribution in [0.1, 0.15) is 31.5 Å². The van der Waals surface area contributed by atoms with E-state index in [1.807, 2.05) is 43.2 Å². The number of aryl methyl sites for hydroxylation is 1. The van der Waals surface area contributed by atoms with Gasteiger partial charge in [0, 0.05) is 122 Å². The number of hydrogen-bond acceptors (Lipinski definition) is 11. The number of halogens is 1. The molecule has 0 bridgehead atoms. The van der Waals surface area contributed by atoms with Gasteiger partial charge in [-0.2, -0.15) is 10.1 Å². The number of anilines is 7. The van der Waals surface area contributed by atoms with Crippen LogP contribution in [0.3, 0.4) is 0 Å². The van der Waals surface area contributed by atoms with Crippen molar-refractivity contribution in [1.29, 1.82) is 0 Å². The van der Waals surface area contributed by atoms with E-state index in [4.69, 9.17) is 20.2 Å². The third-order valence-corrected chi connectivity index (χ3v) is 12.6. The van der Waals surface area contributed by atoms with Crippen LogP contribution >= 0.6 is 23.9 Å². The predicted molar refractivity (Wildman–Crippen MR) is 242 cm³/mol. The number of nitrogens with one attached hydrogen (secondary N) is 3. The largest absolute Gasteiger partial charge is 0.495 e. The zero-order chi connectivity index (χ0) is 40.2. The van der Waals surface area contributed by atoms with Crippen molar-refractivity contribution in [3.05, 3.63) is 94.5 Å². The Morgan fingerprint density at radius 2 is 1.65 bits per heavy atom. The molecule has 298 valence electrons. The Balaban J connectivity index is 1.25. The zero-order valence-electron chi connectivity index (χ0n) is 33.8. The molecule has 4 heterocycles. The van der Waals surface area contributed by atoms with Crippen LogP contribution < -0.4 is 46.3 Å². The van der Waals surface area contributed by atoms with Gasteiger partial charge in [0.1, 0.15) is 23.9 Å². The molecule has 0 saturated heterocycles. The summed E-state index contributed by atoms with van der Waals surface area (Å²) in [6.07, 6.45) is 9.68. The summed E-state index contributed by atoms with van der Waals surface area (Å²) in [5.41, 5.74) is 17.7. The smallest absolute Gasteiger partial charge is 0.229 e. The molecule has 2 aliphatic rings. The van der Waals surface area contributed by atoms with Gasteiger partial charge in [0.15, 0.2) is 0 Å². The van der Waals surface area contributed by atoms with E-state index in [1.165, 1.54) is 11.0 Å². The molecule has 0 saturated carbocycles. The molecule has 0 aliphatic carbocycles. The normalized spacial score (nSPS) is 13.9. The molecule has 2 aromatic heterocycles. The Kier molecular flexibility index (Phi) is 12.3. The molecule has 0 fully saturated rings. The van der Waals surface area contributed by atoms with Crippen LogP contribution in [-0.2, 0) is 13.5 Å². The number of fused-ring (bicyclic) bond motifs is 4. The highest BCUT2D eigenvalue weighted by Gasteiger charge is 2.26. The van der Waals surface area contributed by atoms with E-state index in [0.717, 1.165) is 94.2 Å². The molecule has 7 rings (SSSR count). The molecule has 57 heavy (non-hydrogen) atoms. The van der Waals surface area contributed by atoms with Crippen LogP contribution in [0.15, 0.2) is 83.2 Å². The third kappa shape index (κ3) is 8.27. The lowest BCUT2D eigenvalue weighted by atomic mass is 9.99. The molecule has 0 unspecified atom stereocenters. The Morgan fingerprint density at radius 1 is 0.912 bits per heavy atom. The fraction of sp³-hybridized carbons (Fsp3) is 0.326. The number of nitrogen functional groups attached to an aromatic ring is 1. The second-order valence-electron chi connectivity index (χ2n) is 14.2. The van der Waals surface area contributed by atoms with Crippen molar-refractivity contribution < 1.29 is 9.47 Å². The summed E-state index contributed by atoms with van der Waals surface area (Å²) >= 11 is 3.68. The van der Waals surface area contributed by atoms with Crippen LogP contribution in [0.2, 0.25) is 0 Å². The van der Waals surface area contributed by atoms with Crippen molar-refractivity contribution in [3.63, 3.8) is 0 Å². The van der Waals surface area contributed by atoms with Crippen molar-refractivity contribution in [2.75, 3.05) is 86.4 Å². The lowest BCUT2D eigenvalue weighted by Crippen LogP contribution is -2.25. The number of aromatic nitrogens is 4. The van der Waals surface area contributed by atoms with Gasteiger partial charge >= 0.3 is 0 Å². The fourth-order valence-corrected chi connectivity index (χ4v) is 8.94. The second-order valence-corrected chi connectivity index (χ2v) is 17.3. The summed E-state index contributed by atoms with van der Waals surface area (Å²) in [4.78, 5) is 14.4. The van der Waals surface area contributed by atoms with E-state index in [2.05, 4.69) is 121 Å². The first-order valence-corrected chi connectivity index (χ1v) is 22.4. The highest BCUT2D eigenvalue weighted by molar-refractivity contribution is 9.10. The van der Waals surface area contributed by atoms with E-state index in [-0.39, 0.29) is 7.92 Å². The summed E-state index contributed by atoms with van der Waals surface area (Å²) in [6, 6.07) is 16.7. The van der Waals surface area contributed by atoms with Gasteiger partial charge < -0.3 is 41.0 Å². The topological polar surface area (TPSA) is 131 Å². The molecule has 5 N–H and O–H groups in total. The lowest BCUT2D eigenvalue weighted by molar-refractivity contribution is 0.365. The van der Waals surface area contributed by atoms with Gasteiger partial charge in [-0.1, -0.05) is 32.2 Å². The molecule has 0 radical (unpaired) electrons. The SMILES string of the molecule is CCN1CCC(NC)=C(/C=C/COc2cc3c(cc2Nc2ncc(Br)c(Nc4ccccc4P(C)C)n2)-c2cnn(C)c2CCN3CC)c2cc(N)c(OC)cc21. The van der Waals surface area contributed by atoms with Gasteiger partial charge in [0.2, 0.25) is 5.95 Å². The van der Waals surface area contributed by atoms with E-state index in [0.29, 0.717) is 35.6 Å². The number of hydrogen-bond donors (Lipinski definition) is 4. The van der Waals surface area contributed by atoms with Crippen molar-refractivity contribution in [3.8, 4) is 22.6 Å². The first-order valence-electron chi connectivity index (χ1n) is 19.3. The monoisotopic (exact) mass is 850 g/mol. The Labute approximate surface area is 345 Å². The molecule has 0 atom stereocenters. The van der Waals surface area contributed by atoms with Crippen LogP contribution in [0.5, 0.6) is 11.5 Å². The van der Waals surface area contributed by atoms with E-state index in [1.54, 1.807) is 13.3 Å². The van der Waals surface area contributed by atoms with Gasteiger partial charge in [-0.15, -0.1) is 0 Å². The number of ether oxygens (including phenoxy) is 2. The highest BCUT2D eigenvalue weighted by Crippen LogP contribution is 2.44. The summed E-state index contributed by atoms with van der Waals surface area (Å²) in [6.45, 7) is 12.6. The van der Waals surface area contributed by atoms with Crippen molar-refractivity contribution in [1.82, 2.24) is 25.1 Å². The summed E-state index contributed by atoms with van der Waals surface area (Å²) in [7, 11) is 5.31. The fourth-order valence-electron chi connectivity index (χ4n) is 7.66. The minimum absolute atomic E-state index is 0.318. The Bertz CT molecular complexity index is 2320. The number of nitrogens with two attached hydrogens (primary N) is 1. The molecule has 5 aromatic rings. The van der Waals surface area contributed by atoms with Crippen molar-refractivity contribution in [2.24, 2.45) is 7.05 Å². The average molecular weight is 852 g/mol. The number of rotatable bonds is 13. The van der Waals surface area contributed by atoms with Gasteiger partial charge in [-0.05, 0) is 72.7 Å². The maximum absolute atomic E-state index is 6.70. The lowest BCUT2D eigenvalue weighted by Gasteiger charge is -2.25. The number of likely N-dealkylation sites (N-methyl/N-ethyl adjacent to an activating group) is 1. The van der Waals surface area contributed by atoms with E-state index >= 15 is 0 Å². The molecule has 2 aliphatic heterocycles. The highest BCUT2D eigenvalue weighted by atomic mass is 79.9. The average Bonchev–Trinajstić information content (AvgIpc) is 3.41. The zero-order valence-corrected chi connectivity index (χ0v) is 36.3. The predicted octanol–water partition coefficient (Wildman–Crippen LogP) is 8.26. The first kappa shape index (κ1) is 40.0. The standard InChI is InChI=1S/C43H52BrN10O2P/c1-8-53-18-16-33(46-3)27(28-21-32(45)39(55-5)23-37(28)53)13-12-20-56-40-24-38-29(30-25-48-52(4)36(30)17-19-54(38)9-2)22-35(40)50-43-47-26-31(44)42(51-43)49-34-14-10-11-15-41(34)57(6)7/h10-15,21-26,46H,8-9,16-20,45H2,1-7H3,(H2,47,49,50,51)/b13-12+. The molecule has 14 heteroatoms. The van der Waals surface area contributed by atoms with Gasteiger partial charge in [0.05, 0.1) is 29.2 Å². The maximum Gasteiger partial charge on any atom is 0.229 e. The first-order chi connectivity index (χ1) is 27.6. The van der Waals surface area contributed by atoms with Crippen molar-refractivity contribution >= 4 is 74.9 Å². The molecule has 0 spiro atoms. The molecule has 3 aromatic carbocycles. The molecular formula is C43H52BrN10O2P. The third-order valence-electron chi connectivity index (χ3n) is 10.7. The molecule has 0 amide bonds. The summed E-state index contributed by atoms with van der Waals surface area (Å²) in [5, 5.41) is 16.5. The number of para-hydroxylation sites is 1. The molecular weight excluding hydrogens is 799 g/mol. The number of benzene rings is 3. The summed E-state index contributed by atoms with van der Waals surface area (Å²) < 4.78 is 15.1. The second kappa shape index (κ2) is 17.5. The Hall–Kier alpha value is -5.26. The number of nitrogens with zero attached hydrogens (tertiary/aromatic N) is 6. The molecule has 12 nitrogen and oxygen atoms in total. The quantitative estimate of drug-likeness (QED) is 0.0675. The maximum atomic E-state index is 6.70. The van der Waals surface area contributed by atoms with E-state index < -0.39 is 0 Å². The van der Waals surface area contributed by atoms with Crippen molar-refractivity contribution in [2.45, 2.75) is 26.7 Å². The minimum Gasteiger partial charge on any atom is -0.495 e. The van der Waals surface area contributed by atoms with Crippen LogP contribution in [0.25, 0.3) is 16.7 Å². The van der Waals surface area contributed by atoms with Crippen LogP contribution in [0.4, 0.5) is 40.2 Å². The van der Waals surface area contributed by atoms with Gasteiger partial charge in [0.25, 0.3) is 0 Å².